The van der Waals surface area contributed by atoms with Crippen LogP contribution in [0.2, 0.25) is 0 Å². The fourth-order valence-electron chi connectivity index (χ4n) is 3.34. The maximum absolute atomic E-state index is 12.7. The maximum Gasteiger partial charge on any atom is 0.228 e. The molecule has 3 rings (SSSR count). The van der Waals surface area contributed by atoms with Crippen molar-refractivity contribution in [2.24, 2.45) is 5.92 Å². The second-order valence-corrected chi connectivity index (χ2v) is 7.06. The van der Waals surface area contributed by atoms with E-state index in [0.717, 1.165) is 36.1 Å². The van der Waals surface area contributed by atoms with E-state index in [1.54, 1.807) is 12.0 Å². The van der Waals surface area contributed by atoms with E-state index in [2.05, 4.69) is 15.9 Å². The van der Waals surface area contributed by atoms with Crippen molar-refractivity contribution in [3.63, 3.8) is 0 Å². The zero-order chi connectivity index (χ0) is 16.4. The van der Waals surface area contributed by atoms with E-state index in [9.17, 15) is 9.59 Å². The third-order valence-corrected chi connectivity index (χ3v) is 5.17. The average Bonchev–Trinajstić information content (AvgIpc) is 2.96. The topological polar surface area (TPSA) is 49.9 Å². The standard InChI is InChI=1S/C17H21BrN2O3/c1-23-15-5-7-19(8-6-15)17(22)12-9-16(21)20(11-12)14-4-2-3-13(18)10-14/h2-4,10,12,15H,5-9,11H2,1H3. The summed E-state index contributed by atoms with van der Waals surface area (Å²) in [7, 11) is 1.72. The van der Waals surface area contributed by atoms with Crippen LogP contribution >= 0.6 is 15.9 Å². The van der Waals surface area contributed by atoms with Crippen LogP contribution in [0.15, 0.2) is 28.7 Å². The first-order valence-electron chi connectivity index (χ1n) is 7.96. The van der Waals surface area contributed by atoms with Crippen molar-refractivity contribution in [2.75, 3.05) is 31.6 Å². The molecule has 2 saturated heterocycles. The molecule has 5 nitrogen and oxygen atoms in total. The number of likely N-dealkylation sites (tertiary alicyclic amines) is 1. The summed E-state index contributed by atoms with van der Waals surface area (Å²) < 4.78 is 6.27. The molecule has 0 spiro atoms. The summed E-state index contributed by atoms with van der Waals surface area (Å²) in [5, 5.41) is 0. The van der Waals surface area contributed by atoms with Crippen molar-refractivity contribution in [3.05, 3.63) is 28.7 Å². The molecule has 2 amide bonds. The van der Waals surface area contributed by atoms with Gasteiger partial charge in [0.2, 0.25) is 11.8 Å². The summed E-state index contributed by atoms with van der Waals surface area (Å²) in [5.41, 5.74) is 0.845. The van der Waals surface area contributed by atoms with E-state index in [1.165, 1.54) is 0 Å². The van der Waals surface area contributed by atoms with E-state index < -0.39 is 0 Å². The number of carbonyl (C=O) groups excluding carboxylic acids is 2. The minimum absolute atomic E-state index is 0.0215. The van der Waals surface area contributed by atoms with Gasteiger partial charge < -0.3 is 14.5 Å². The van der Waals surface area contributed by atoms with E-state index in [-0.39, 0.29) is 23.8 Å². The van der Waals surface area contributed by atoms with Crippen molar-refractivity contribution >= 4 is 33.4 Å². The molecule has 2 aliphatic heterocycles. The summed E-state index contributed by atoms with van der Waals surface area (Å²) in [6.45, 7) is 1.91. The van der Waals surface area contributed by atoms with Crippen molar-refractivity contribution in [3.8, 4) is 0 Å². The van der Waals surface area contributed by atoms with Crippen LogP contribution in [0.4, 0.5) is 5.69 Å². The lowest BCUT2D eigenvalue weighted by Crippen LogP contribution is -2.44. The number of piperidine rings is 1. The number of hydrogen-bond acceptors (Lipinski definition) is 3. The van der Waals surface area contributed by atoms with E-state index in [0.29, 0.717) is 13.0 Å². The number of hydrogen-bond donors (Lipinski definition) is 0. The number of ether oxygens (including phenoxy) is 1. The number of amides is 2. The molecule has 0 bridgehead atoms. The predicted octanol–water partition coefficient (Wildman–Crippen LogP) is 2.44. The minimum Gasteiger partial charge on any atom is -0.381 e. The van der Waals surface area contributed by atoms with E-state index in [1.807, 2.05) is 29.2 Å². The number of carbonyl (C=O) groups is 2. The van der Waals surface area contributed by atoms with Gasteiger partial charge in [0.05, 0.1) is 12.0 Å². The largest absolute Gasteiger partial charge is 0.381 e. The number of nitrogens with zero attached hydrogens (tertiary/aromatic N) is 2. The number of rotatable bonds is 3. The van der Waals surface area contributed by atoms with Gasteiger partial charge in [-0.1, -0.05) is 22.0 Å². The van der Waals surface area contributed by atoms with Gasteiger partial charge in [-0.3, -0.25) is 9.59 Å². The smallest absolute Gasteiger partial charge is 0.228 e. The normalized spacial score (nSPS) is 22.7. The van der Waals surface area contributed by atoms with Crippen LogP contribution in [0, 0.1) is 5.92 Å². The van der Waals surface area contributed by atoms with Gasteiger partial charge in [-0.15, -0.1) is 0 Å². The molecule has 23 heavy (non-hydrogen) atoms. The van der Waals surface area contributed by atoms with Gasteiger partial charge in [-0.2, -0.15) is 0 Å². The minimum atomic E-state index is -0.236. The quantitative estimate of drug-likeness (QED) is 0.808. The van der Waals surface area contributed by atoms with Gasteiger partial charge in [0.1, 0.15) is 0 Å². The second kappa shape index (κ2) is 7.01. The summed E-state index contributed by atoms with van der Waals surface area (Å²) in [5.74, 6) is -0.112. The monoisotopic (exact) mass is 380 g/mol. The van der Waals surface area contributed by atoms with Gasteiger partial charge >= 0.3 is 0 Å². The Morgan fingerprint density at radius 3 is 2.70 bits per heavy atom. The highest BCUT2D eigenvalue weighted by atomic mass is 79.9. The molecule has 124 valence electrons. The van der Waals surface area contributed by atoms with E-state index in [4.69, 9.17) is 4.74 Å². The molecule has 1 unspecified atom stereocenters. The zero-order valence-electron chi connectivity index (χ0n) is 13.2. The molecule has 0 aliphatic carbocycles. The van der Waals surface area contributed by atoms with Crippen molar-refractivity contribution < 1.29 is 14.3 Å². The number of anilines is 1. The average molecular weight is 381 g/mol. The van der Waals surface area contributed by atoms with E-state index >= 15 is 0 Å². The Hall–Kier alpha value is -1.40. The third-order valence-electron chi connectivity index (χ3n) is 4.68. The lowest BCUT2D eigenvalue weighted by molar-refractivity contribution is -0.138. The fourth-order valence-corrected chi connectivity index (χ4v) is 3.72. The number of halogens is 1. The SMILES string of the molecule is COC1CCN(C(=O)C2CC(=O)N(c3cccc(Br)c3)C2)CC1. The summed E-state index contributed by atoms with van der Waals surface area (Å²) in [6, 6.07) is 7.64. The molecule has 0 aromatic heterocycles. The third kappa shape index (κ3) is 3.58. The van der Waals surface area contributed by atoms with Crippen LogP contribution in [-0.4, -0.2) is 49.6 Å². The Morgan fingerprint density at radius 2 is 2.04 bits per heavy atom. The summed E-state index contributed by atoms with van der Waals surface area (Å²) in [6.07, 6.45) is 2.30. The Labute approximate surface area is 144 Å². The van der Waals surface area contributed by atoms with Gasteiger partial charge in [-0.05, 0) is 31.0 Å². The number of methoxy groups -OCH3 is 1. The Kier molecular flexibility index (Phi) is 5.02. The first kappa shape index (κ1) is 16.5. The Balaban J connectivity index is 1.64. The molecule has 6 heteroatoms. The maximum atomic E-state index is 12.7. The lowest BCUT2D eigenvalue weighted by atomic mass is 10.0. The summed E-state index contributed by atoms with van der Waals surface area (Å²) >= 11 is 3.42. The van der Waals surface area contributed by atoms with Crippen LogP contribution < -0.4 is 4.90 Å². The molecule has 1 aromatic carbocycles. The molecule has 0 saturated carbocycles. The van der Waals surface area contributed by atoms with Crippen LogP contribution in [-0.2, 0) is 14.3 Å². The number of benzene rings is 1. The summed E-state index contributed by atoms with van der Waals surface area (Å²) in [4.78, 5) is 28.6. The predicted molar refractivity (Wildman–Crippen MR) is 91.2 cm³/mol. The molecule has 2 fully saturated rings. The first-order valence-corrected chi connectivity index (χ1v) is 8.75. The Bertz CT molecular complexity index is 599. The van der Waals surface area contributed by atoms with Crippen molar-refractivity contribution in [1.29, 1.82) is 0 Å². The highest BCUT2D eigenvalue weighted by molar-refractivity contribution is 9.10. The van der Waals surface area contributed by atoms with Crippen LogP contribution in [0.5, 0.6) is 0 Å². The Morgan fingerprint density at radius 1 is 1.30 bits per heavy atom. The van der Waals surface area contributed by atoms with Gasteiger partial charge in [0, 0.05) is 43.3 Å². The molecule has 2 aliphatic rings. The fraction of sp³-hybridized carbons (Fsp3) is 0.529. The molecular weight excluding hydrogens is 360 g/mol. The molecule has 2 heterocycles. The molecule has 1 aromatic rings. The van der Waals surface area contributed by atoms with Crippen molar-refractivity contribution in [2.45, 2.75) is 25.4 Å². The highest BCUT2D eigenvalue weighted by Crippen LogP contribution is 2.29. The van der Waals surface area contributed by atoms with Crippen LogP contribution in [0.25, 0.3) is 0 Å². The lowest BCUT2D eigenvalue weighted by Gasteiger charge is -2.32. The van der Waals surface area contributed by atoms with Crippen molar-refractivity contribution in [1.82, 2.24) is 4.90 Å². The first-order chi connectivity index (χ1) is 11.1. The van der Waals surface area contributed by atoms with Gasteiger partial charge in [0.25, 0.3) is 0 Å². The second-order valence-electron chi connectivity index (χ2n) is 6.15. The zero-order valence-corrected chi connectivity index (χ0v) is 14.8. The molecular formula is C17H21BrN2O3. The van der Waals surface area contributed by atoms with Crippen LogP contribution in [0.3, 0.4) is 0 Å². The van der Waals surface area contributed by atoms with Crippen LogP contribution in [0.1, 0.15) is 19.3 Å². The molecule has 0 N–H and O–H groups in total. The molecule has 0 radical (unpaired) electrons. The molecule has 1 atom stereocenters. The van der Waals surface area contributed by atoms with Gasteiger partial charge in [-0.25, -0.2) is 0 Å². The van der Waals surface area contributed by atoms with Gasteiger partial charge in [0.15, 0.2) is 0 Å². The highest BCUT2D eigenvalue weighted by Gasteiger charge is 2.38.